The molecule has 4 rings (SSSR count). The Bertz CT molecular complexity index is 1430. The van der Waals surface area contributed by atoms with E-state index in [-0.39, 0.29) is 0 Å². The molecule has 0 N–H and O–H groups in total. The van der Waals surface area contributed by atoms with Crippen molar-refractivity contribution >= 4 is 11.3 Å². The monoisotopic (exact) mass is 639 g/mol. The molecule has 0 radical (unpaired) electrons. The first kappa shape index (κ1) is 35.3. The fraction of sp³-hybridized carbons (Fsp3) is 0.500. The minimum absolute atomic E-state index is 0.768. The lowest BCUT2D eigenvalue weighted by Crippen LogP contribution is -1.98. The first-order chi connectivity index (χ1) is 22.7. The third kappa shape index (κ3) is 13.0. The molecule has 0 aliphatic heterocycles. The van der Waals surface area contributed by atoms with Gasteiger partial charge in [-0.1, -0.05) is 121 Å². The predicted octanol–water partition coefficient (Wildman–Crippen LogP) is 11.4. The molecule has 0 spiro atoms. The van der Waals surface area contributed by atoms with Crippen molar-refractivity contribution in [2.24, 2.45) is 0 Å². The summed E-state index contributed by atoms with van der Waals surface area (Å²) in [6.45, 7) is 6.08. The van der Waals surface area contributed by atoms with E-state index in [4.69, 9.17) is 9.47 Å². The van der Waals surface area contributed by atoms with E-state index in [1.54, 1.807) is 16.0 Å². The molecular formula is C40H53N3O2S. The summed E-state index contributed by atoms with van der Waals surface area (Å²) in [7, 11) is 0. The van der Waals surface area contributed by atoms with Gasteiger partial charge in [-0.2, -0.15) is 0 Å². The first-order valence-electron chi connectivity index (χ1n) is 17.8. The number of hydrogen-bond donors (Lipinski definition) is 0. The molecule has 0 saturated carbocycles. The van der Waals surface area contributed by atoms with Crippen LogP contribution in [0.1, 0.15) is 127 Å². The smallest absolute Gasteiger partial charge is 0.123 e. The van der Waals surface area contributed by atoms with E-state index in [0.717, 1.165) is 64.3 Å². The number of aromatic nitrogens is 3. The van der Waals surface area contributed by atoms with Crippen molar-refractivity contribution in [2.45, 2.75) is 117 Å². The number of benzene rings is 2. The Morgan fingerprint density at radius 3 is 1.67 bits per heavy atom. The molecule has 0 aliphatic rings. The average molecular weight is 640 g/mol. The molecule has 246 valence electrons. The normalized spacial score (nSPS) is 10.9. The summed E-state index contributed by atoms with van der Waals surface area (Å²) in [6.07, 6.45) is 22.8. The molecule has 0 saturated heterocycles. The average Bonchev–Trinajstić information content (AvgIpc) is 3.77. The van der Waals surface area contributed by atoms with Crippen LogP contribution in [0.2, 0.25) is 0 Å². The zero-order valence-electron chi connectivity index (χ0n) is 28.1. The standard InChI is InChI=1S/C40H53N3O2S/c1-3-5-7-9-11-13-15-17-31-44-36-24-19-34(20-25-36)21-28-38-29-30-40(46-38)39-33-43(42-41-39)35-22-26-37(27-23-35)45-32-18-16-14-12-10-8-6-4-2/h19-20,22-27,29-30,33H,3-18,31-32H2,1-2H3. The van der Waals surface area contributed by atoms with Gasteiger partial charge in [0.1, 0.15) is 17.2 Å². The fourth-order valence-corrected chi connectivity index (χ4v) is 6.17. The minimum atomic E-state index is 0.768. The molecule has 0 amide bonds. The number of rotatable bonds is 22. The van der Waals surface area contributed by atoms with Crippen LogP contribution in [0.15, 0.2) is 66.9 Å². The number of nitrogens with zero attached hydrogens (tertiary/aromatic N) is 3. The molecule has 46 heavy (non-hydrogen) atoms. The maximum Gasteiger partial charge on any atom is 0.123 e. The zero-order valence-corrected chi connectivity index (χ0v) is 29.0. The Hall–Kier alpha value is -3.56. The number of unbranched alkanes of at least 4 members (excludes halogenated alkanes) is 14. The molecule has 2 heterocycles. The largest absolute Gasteiger partial charge is 0.494 e. The van der Waals surface area contributed by atoms with Gasteiger partial charge in [0, 0.05) is 5.56 Å². The predicted molar refractivity (Wildman–Crippen MR) is 193 cm³/mol. The van der Waals surface area contributed by atoms with Gasteiger partial charge in [-0.25, -0.2) is 4.68 Å². The topological polar surface area (TPSA) is 49.2 Å². The summed E-state index contributed by atoms with van der Waals surface area (Å²) < 4.78 is 13.7. The van der Waals surface area contributed by atoms with Crippen molar-refractivity contribution in [3.63, 3.8) is 0 Å². The summed E-state index contributed by atoms with van der Waals surface area (Å²) in [5, 5.41) is 8.77. The van der Waals surface area contributed by atoms with Crippen molar-refractivity contribution in [3.05, 3.63) is 77.3 Å². The second-order valence-corrected chi connectivity index (χ2v) is 13.2. The number of hydrogen-bond acceptors (Lipinski definition) is 5. The van der Waals surface area contributed by atoms with Gasteiger partial charge in [-0.05, 0) is 73.5 Å². The highest BCUT2D eigenvalue weighted by Gasteiger charge is 2.08. The fourth-order valence-electron chi connectivity index (χ4n) is 5.36. The van der Waals surface area contributed by atoms with Gasteiger partial charge in [0.15, 0.2) is 0 Å². The van der Waals surface area contributed by atoms with E-state index in [1.165, 1.54) is 89.9 Å². The van der Waals surface area contributed by atoms with E-state index >= 15 is 0 Å². The lowest BCUT2D eigenvalue weighted by atomic mass is 10.1. The maximum atomic E-state index is 5.96. The highest BCUT2D eigenvalue weighted by molar-refractivity contribution is 7.16. The van der Waals surface area contributed by atoms with Crippen LogP contribution in [0.3, 0.4) is 0 Å². The molecule has 6 heteroatoms. The zero-order chi connectivity index (χ0) is 32.1. The summed E-state index contributed by atoms with van der Waals surface area (Å²) in [6, 6.07) is 20.3. The lowest BCUT2D eigenvalue weighted by Gasteiger charge is -2.07. The minimum Gasteiger partial charge on any atom is -0.494 e. The van der Waals surface area contributed by atoms with Crippen molar-refractivity contribution in [2.75, 3.05) is 13.2 Å². The van der Waals surface area contributed by atoms with Crippen LogP contribution in [0.5, 0.6) is 11.5 Å². The number of thiophene rings is 1. The Morgan fingerprint density at radius 1 is 0.587 bits per heavy atom. The van der Waals surface area contributed by atoms with E-state index in [9.17, 15) is 0 Å². The van der Waals surface area contributed by atoms with Crippen LogP contribution in [0.25, 0.3) is 16.3 Å². The summed E-state index contributed by atoms with van der Waals surface area (Å²) in [5.41, 5.74) is 2.77. The highest BCUT2D eigenvalue weighted by atomic mass is 32.1. The van der Waals surface area contributed by atoms with Crippen LogP contribution in [0, 0.1) is 11.8 Å². The van der Waals surface area contributed by atoms with Crippen molar-refractivity contribution < 1.29 is 9.47 Å². The Morgan fingerprint density at radius 2 is 1.11 bits per heavy atom. The highest BCUT2D eigenvalue weighted by Crippen LogP contribution is 2.27. The molecule has 4 aromatic rings. The van der Waals surface area contributed by atoms with Gasteiger partial charge < -0.3 is 9.47 Å². The maximum absolute atomic E-state index is 5.96. The summed E-state index contributed by atoms with van der Waals surface area (Å²) >= 11 is 1.63. The second-order valence-electron chi connectivity index (χ2n) is 12.1. The van der Waals surface area contributed by atoms with Crippen LogP contribution < -0.4 is 9.47 Å². The van der Waals surface area contributed by atoms with Gasteiger partial charge in [0.05, 0.1) is 34.9 Å². The van der Waals surface area contributed by atoms with Crippen LogP contribution in [0.4, 0.5) is 0 Å². The van der Waals surface area contributed by atoms with Crippen LogP contribution >= 0.6 is 11.3 Å². The molecular weight excluding hydrogens is 587 g/mol. The van der Waals surface area contributed by atoms with Gasteiger partial charge in [-0.3, -0.25) is 0 Å². The van der Waals surface area contributed by atoms with E-state index in [1.807, 2.05) is 60.8 Å². The van der Waals surface area contributed by atoms with Crippen molar-refractivity contribution in [3.8, 4) is 39.6 Å². The molecule has 0 atom stereocenters. The summed E-state index contributed by atoms with van der Waals surface area (Å²) in [5.74, 6) is 8.39. The third-order valence-corrected chi connectivity index (χ3v) is 9.19. The summed E-state index contributed by atoms with van der Waals surface area (Å²) in [4.78, 5) is 2.04. The molecule has 5 nitrogen and oxygen atoms in total. The van der Waals surface area contributed by atoms with Gasteiger partial charge in [-0.15, -0.1) is 16.4 Å². The van der Waals surface area contributed by atoms with Crippen molar-refractivity contribution in [1.82, 2.24) is 15.0 Å². The lowest BCUT2D eigenvalue weighted by molar-refractivity contribution is 0.304. The molecule has 0 unspecified atom stereocenters. The van der Waals surface area contributed by atoms with E-state index in [2.05, 4.69) is 42.1 Å². The van der Waals surface area contributed by atoms with Gasteiger partial charge in [0.2, 0.25) is 0 Å². The van der Waals surface area contributed by atoms with Crippen LogP contribution in [-0.2, 0) is 0 Å². The van der Waals surface area contributed by atoms with Gasteiger partial charge >= 0.3 is 0 Å². The quantitative estimate of drug-likeness (QED) is 0.0634. The Balaban J connectivity index is 1.16. The van der Waals surface area contributed by atoms with Crippen molar-refractivity contribution in [1.29, 1.82) is 0 Å². The molecule has 0 aliphatic carbocycles. The third-order valence-electron chi connectivity index (χ3n) is 8.17. The van der Waals surface area contributed by atoms with Gasteiger partial charge in [0.25, 0.3) is 0 Å². The number of ether oxygens (including phenoxy) is 2. The first-order valence-corrected chi connectivity index (χ1v) is 18.6. The van der Waals surface area contributed by atoms with E-state index < -0.39 is 0 Å². The Kier molecular flexibility index (Phi) is 16.3. The SMILES string of the molecule is CCCCCCCCCCOc1ccc(C#Cc2ccc(-c3cn(-c4ccc(OCCCCCCCCCC)cc4)nn3)s2)cc1. The van der Waals surface area contributed by atoms with E-state index in [0.29, 0.717) is 0 Å². The van der Waals surface area contributed by atoms with Crippen LogP contribution in [-0.4, -0.2) is 28.2 Å². The molecule has 2 aromatic carbocycles. The molecule has 0 fully saturated rings. The second kappa shape index (κ2) is 21.3. The Labute approximate surface area is 281 Å². The molecule has 2 aromatic heterocycles. The molecule has 0 bridgehead atoms.